The number of amides is 1. The summed E-state index contributed by atoms with van der Waals surface area (Å²) in [5.74, 6) is 0.642. The average Bonchev–Trinajstić information content (AvgIpc) is 2.87. The van der Waals surface area contributed by atoms with E-state index in [1.165, 1.54) is 0 Å². The fourth-order valence-electron chi connectivity index (χ4n) is 2.38. The molecule has 0 saturated heterocycles. The molecule has 2 rings (SSSR count). The van der Waals surface area contributed by atoms with E-state index >= 15 is 0 Å². The summed E-state index contributed by atoms with van der Waals surface area (Å²) < 4.78 is 5.54. The molecular formula is C15H22N2O2. The second kappa shape index (κ2) is 6.57. The Hall–Kier alpha value is -1.55. The van der Waals surface area contributed by atoms with Gasteiger partial charge in [-0.3, -0.25) is 4.79 Å². The molecule has 1 aliphatic rings. The molecule has 1 aromatic carbocycles. The van der Waals surface area contributed by atoms with Gasteiger partial charge in [-0.2, -0.15) is 0 Å². The van der Waals surface area contributed by atoms with Crippen molar-refractivity contribution in [3.8, 4) is 5.75 Å². The summed E-state index contributed by atoms with van der Waals surface area (Å²) in [6, 6.07) is 7.78. The predicted molar refractivity (Wildman–Crippen MR) is 75.2 cm³/mol. The van der Waals surface area contributed by atoms with Crippen LogP contribution in [-0.4, -0.2) is 25.1 Å². The van der Waals surface area contributed by atoms with Crippen LogP contribution in [0.2, 0.25) is 0 Å². The van der Waals surface area contributed by atoms with Crippen LogP contribution in [0.3, 0.4) is 0 Å². The van der Waals surface area contributed by atoms with Gasteiger partial charge in [-0.25, -0.2) is 0 Å². The normalized spacial score (nSPS) is 18.5. The zero-order valence-corrected chi connectivity index (χ0v) is 11.4. The summed E-state index contributed by atoms with van der Waals surface area (Å²) in [7, 11) is 0. The highest BCUT2D eigenvalue weighted by molar-refractivity contribution is 5.85. The first-order valence-electron chi connectivity index (χ1n) is 6.98. The average molecular weight is 262 g/mol. The van der Waals surface area contributed by atoms with Gasteiger partial charge in [0.25, 0.3) is 0 Å². The van der Waals surface area contributed by atoms with E-state index in [-0.39, 0.29) is 17.9 Å². The Morgan fingerprint density at radius 1 is 1.53 bits per heavy atom. The summed E-state index contributed by atoms with van der Waals surface area (Å²) in [5, 5.41) is 3.04. The zero-order chi connectivity index (χ0) is 13.7. The van der Waals surface area contributed by atoms with Crippen molar-refractivity contribution in [1.82, 2.24) is 5.32 Å². The van der Waals surface area contributed by atoms with Crippen LogP contribution < -0.4 is 15.8 Å². The topological polar surface area (TPSA) is 64.3 Å². The van der Waals surface area contributed by atoms with Gasteiger partial charge >= 0.3 is 0 Å². The fourth-order valence-corrected chi connectivity index (χ4v) is 2.38. The molecule has 0 aliphatic carbocycles. The quantitative estimate of drug-likeness (QED) is 0.821. The molecule has 0 radical (unpaired) electrons. The maximum atomic E-state index is 12.3. The number of ether oxygens (including phenoxy) is 1. The van der Waals surface area contributed by atoms with Crippen molar-refractivity contribution >= 4 is 5.91 Å². The maximum Gasteiger partial charge on any atom is 0.231 e. The SMILES string of the molecule is CCCCC(CN)NC(=O)C1COc2ccccc21. The molecule has 1 amide bonds. The molecule has 1 aliphatic heterocycles. The maximum absolute atomic E-state index is 12.3. The summed E-state index contributed by atoms with van der Waals surface area (Å²) in [6.07, 6.45) is 3.13. The molecule has 1 aromatic rings. The Bertz CT molecular complexity index is 434. The van der Waals surface area contributed by atoms with Crippen molar-refractivity contribution in [1.29, 1.82) is 0 Å². The van der Waals surface area contributed by atoms with Gasteiger partial charge in [-0.15, -0.1) is 0 Å². The molecule has 2 unspecified atom stereocenters. The molecule has 104 valence electrons. The number of unbranched alkanes of at least 4 members (excludes halogenated alkanes) is 1. The molecule has 0 bridgehead atoms. The summed E-state index contributed by atoms with van der Waals surface area (Å²) in [5.41, 5.74) is 6.69. The third kappa shape index (κ3) is 3.26. The third-order valence-corrected chi connectivity index (χ3v) is 3.55. The van der Waals surface area contributed by atoms with Gasteiger partial charge in [0.2, 0.25) is 5.91 Å². The number of nitrogens with two attached hydrogens (primary N) is 1. The van der Waals surface area contributed by atoms with E-state index in [1.807, 2.05) is 24.3 Å². The van der Waals surface area contributed by atoms with Crippen LogP contribution in [0, 0.1) is 0 Å². The van der Waals surface area contributed by atoms with E-state index in [2.05, 4.69) is 12.2 Å². The number of rotatable bonds is 6. The molecule has 19 heavy (non-hydrogen) atoms. The number of benzene rings is 1. The Morgan fingerprint density at radius 2 is 2.32 bits per heavy atom. The lowest BCUT2D eigenvalue weighted by Gasteiger charge is -2.18. The van der Waals surface area contributed by atoms with Gasteiger partial charge in [0.1, 0.15) is 18.3 Å². The monoisotopic (exact) mass is 262 g/mol. The number of carbonyl (C=O) groups excluding carboxylic acids is 1. The number of nitrogens with one attached hydrogen (secondary N) is 1. The Labute approximate surface area is 114 Å². The number of carbonyl (C=O) groups is 1. The molecule has 0 saturated carbocycles. The minimum Gasteiger partial charge on any atom is -0.492 e. The van der Waals surface area contributed by atoms with E-state index in [9.17, 15) is 4.79 Å². The van der Waals surface area contributed by atoms with Crippen molar-refractivity contribution < 1.29 is 9.53 Å². The van der Waals surface area contributed by atoms with E-state index < -0.39 is 0 Å². The van der Waals surface area contributed by atoms with E-state index in [1.54, 1.807) is 0 Å². The van der Waals surface area contributed by atoms with Crippen LogP contribution in [0.5, 0.6) is 5.75 Å². The molecule has 4 heteroatoms. The molecular weight excluding hydrogens is 240 g/mol. The molecule has 0 spiro atoms. The van der Waals surface area contributed by atoms with Crippen LogP contribution in [-0.2, 0) is 4.79 Å². The fraction of sp³-hybridized carbons (Fsp3) is 0.533. The molecule has 0 fully saturated rings. The minimum absolute atomic E-state index is 0.0245. The van der Waals surface area contributed by atoms with Crippen LogP contribution >= 0.6 is 0 Å². The molecule has 2 atom stereocenters. The lowest BCUT2D eigenvalue weighted by Crippen LogP contribution is -2.42. The van der Waals surface area contributed by atoms with Crippen LogP contribution in [0.1, 0.15) is 37.7 Å². The van der Waals surface area contributed by atoms with Gasteiger partial charge in [0.05, 0.1) is 0 Å². The zero-order valence-electron chi connectivity index (χ0n) is 11.4. The molecule has 0 aromatic heterocycles. The molecule has 1 heterocycles. The van der Waals surface area contributed by atoms with Crippen molar-refractivity contribution in [2.75, 3.05) is 13.2 Å². The van der Waals surface area contributed by atoms with Gasteiger partial charge in [-0.1, -0.05) is 38.0 Å². The Balaban J connectivity index is 1.97. The highest BCUT2D eigenvalue weighted by Gasteiger charge is 2.30. The lowest BCUT2D eigenvalue weighted by molar-refractivity contribution is -0.123. The van der Waals surface area contributed by atoms with Crippen molar-refractivity contribution in [3.63, 3.8) is 0 Å². The van der Waals surface area contributed by atoms with E-state index in [0.29, 0.717) is 13.2 Å². The summed E-state index contributed by atoms with van der Waals surface area (Å²) in [4.78, 5) is 12.3. The van der Waals surface area contributed by atoms with Crippen LogP contribution in [0.4, 0.5) is 0 Å². The third-order valence-electron chi connectivity index (χ3n) is 3.55. The van der Waals surface area contributed by atoms with Gasteiger partial charge < -0.3 is 15.8 Å². The number of fused-ring (bicyclic) bond motifs is 1. The molecule has 4 nitrogen and oxygen atoms in total. The van der Waals surface area contributed by atoms with Crippen molar-refractivity contribution in [2.45, 2.75) is 38.1 Å². The van der Waals surface area contributed by atoms with Gasteiger partial charge in [-0.05, 0) is 12.5 Å². The standard InChI is InChI=1S/C15H22N2O2/c1-2-3-6-11(9-16)17-15(18)13-10-19-14-8-5-4-7-12(13)14/h4-5,7-8,11,13H,2-3,6,9-10,16H2,1H3,(H,17,18). The summed E-state index contributed by atoms with van der Waals surface area (Å²) >= 11 is 0. The first-order valence-corrected chi connectivity index (χ1v) is 6.98. The lowest BCUT2D eigenvalue weighted by atomic mass is 9.99. The first kappa shape index (κ1) is 13.9. The highest BCUT2D eigenvalue weighted by Crippen LogP contribution is 2.33. The number of para-hydroxylation sites is 1. The minimum atomic E-state index is -0.202. The smallest absolute Gasteiger partial charge is 0.231 e. The van der Waals surface area contributed by atoms with Crippen molar-refractivity contribution in [2.24, 2.45) is 5.73 Å². The number of hydrogen-bond donors (Lipinski definition) is 2. The molecule has 3 N–H and O–H groups in total. The van der Waals surface area contributed by atoms with E-state index in [4.69, 9.17) is 10.5 Å². The second-order valence-corrected chi connectivity index (χ2v) is 4.98. The van der Waals surface area contributed by atoms with Gasteiger partial charge in [0, 0.05) is 18.2 Å². The first-order chi connectivity index (χ1) is 9.26. The van der Waals surface area contributed by atoms with Crippen LogP contribution in [0.15, 0.2) is 24.3 Å². The number of hydrogen-bond acceptors (Lipinski definition) is 3. The van der Waals surface area contributed by atoms with Gasteiger partial charge in [0.15, 0.2) is 0 Å². The largest absolute Gasteiger partial charge is 0.492 e. The van der Waals surface area contributed by atoms with E-state index in [0.717, 1.165) is 30.6 Å². The Morgan fingerprint density at radius 3 is 3.05 bits per heavy atom. The van der Waals surface area contributed by atoms with Crippen molar-refractivity contribution in [3.05, 3.63) is 29.8 Å². The second-order valence-electron chi connectivity index (χ2n) is 4.98. The summed E-state index contributed by atoms with van der Waals surface area (Å²) in [6.45, 7) is 3.05. The highest BCUT2D eigenvalue weighted by atomic mass is 16.5. The Kier molecular flexibility index (Phi) is 4.80. The predicted octanol–water partition coefficient (Wildman–Crippen LogP) is 1.80. The van der Waals surface area contributed by atoms with Crippen LogP contribution in [0.25, 0.3) is 0 Å².